The van der Waals surface area contributed by atoms with E-state index in [2.05, 4.69) is 17.2 Å². The molecule has 0 rings (SSSR count). The molecule has 11 heavy (non-hydrogen) atoms. The van der Waals surface area contributed by atoms with Crippen LogP contribution in [0.2, 0.25) is 0 Å². The molecule has 3 heteroatoms. The van der Waals surface area contributed by atoms with E-state index in [-0.39, 0.29) is 5.97 Å². The Kier molecular flexibility index (Phi) is 7.15. The minimum Gasteiger partial charge on any atom is -0.350 e. The molecule has 0 saturated heterocycles. The van der Waals surface area contributed by atoms with Crippen LogP contribution in [0.1, 0.15) is 39.5 Å². The highest BCUT2D eigenvalue weighted by Gasteiger charge is 1.93. The molecular formula is C8H16NO2. The van der Waals surface area contributed by atoms with Crippen molar-refractivity contribution >= 4 is 5.97 Å². The molecule has 0 bridgehead atoms. The van der Waals surface area contributed by atoms with Gasteiger partial charge in [-0.05, 0) is 11.9 Å². The van der Waals surface area contributed by atoms with E-state index in [1.807, 2.05) is 0 Å². The van der Waals surface area contributed by atoms with E-state index in [1.165, 1.54) is 26.2 Å². The molecule has 0 spiro atoms. The van der Waals surface area contributed by atoms with Crippen molar-refractivity contribution < 1.29 is 9.63 Å². The third-order valence-electron chi connectivity index (χ3n) is 1.30. The van der Waals surface area contributed by atoms with Gasteiger partial charge in [0.05, 0.1) is 6.54 Å². The van der Waals surface area contributed by atoms with Crippen molar-refractivity contribution in [3.05, 3.63) is 0 Å². The van der Waals surface area contributed by atoms with Crippen molar-refractivity contribution in [2.45, 2.75) is 39.5 Å². The normalized spacial score (nSPS) is 9.64. The largest absolute Gasteiger partial charge is 0.350 e. The van der Waals surface area contributed by atoms with Crippen LogP contribution in [0.15, 0.2) is 0 Å². The highest BCUT2D eigenvalue weighted by atomic mass is 16.7. The maximum absolute atomic E-state index is 10.2. The van der Waals surface area contributed by atoms with Gasteiger partial charge in [-0.3, -0.25) is 4.79 Å². The quantitative estimate of drug-likeness (QED) is 0.435. The Morgan fingerprint density at radius 2 is 2.09 bits per heavy atom. The molecule has 0 aromatic heterocycles. The maximum atomic E-state index is 10.2. The number of rotatable bonds is 6. The molecule has 0 atom stereocenters. The van der Waals surface area contributed by atoms with Crippen molar-refractivity contribution in [3.63, 3.8) is 0 Å². The van der Waals surface area contributed by atoms with Gasteiger partial charge < -0.3 is 4.84 Å². The van der Waals surface area contributed by atoms with Gasteiger partial charge in [-0.25, -0.2) is 0 Å². The maximum Gasteiger partial charge on any atom is 0.324 e. The lowest BCUT2D eigenvalue weighted by Crippen LogP contribution is -2.11. The van der Waals surface area contributed by atoms with E-state index in [1.54, 1.807) is 0 Å². The van der Waals surface area contributed by atoms with Crippen LogP contribution in [0.4, 0.5) is 0 Å². The van der Waals surface area contributed by atoms with Gasteiger partial charge in [0.15, 0.2) is 0 Å². The lowest BCUT2D eigenvalue weighted by molar-refractivity contribution is -0.149. The summed E-state index contributed by atoms with van der Waals surface area (Å²) in [4.78, 5) is 14.6. The minimum atomic E-state index is -0.333. The summed E-state index contributed by atoms with van der Waals surface area (Å²) in [5.74, 6) is -0.333. The van der Waals surface area contributed by atoms with Crippen LogP contribution in [0, 0.1) is 0 Å². The van der Waals surface area contributed by atoms with Gasteiger partial charge in [0.2, 0.25) is 0 Å². The molecule has 0 N–H and O–H groups in total. The molecule has 0 aliphatic carbocycles. The zero-order chi connectivity index (χ0) is 8.53. The minimum absolute atomic E-state index is 0.333. The van der Waals surface area contributed by atoms with Gasteiger partial charge in [0.25, 0.3) is 0 Å². The molecule has 0 fully saturated rings. The average Bonchev–Trinajstić information content (AvgIpc) is 1.96. The number of nitrogens with zero attached hydrogens (tertiary/aromatic N) is 1. The first kappa shape index (κ1) is 10.4. The lowest BCUT2D eigenvalue weighted by atomic mass is 10.2. The van der Waals surface area contributed by atoms with E-state index < -0.39 is 0 Å². The Labute approximate surface area is 68.1 Å². The third kappa shape index (κ3) is 9.43. The molecule has 1 radical (unpaired) electrons. The van der Waals surface area contributed by atoms with Gasteiger partial charge in [0.1, 0.15) is 0 Å². The van der Waals surface area contributed by atoms with Crippen molar-refractivity contribution in [1.29, 1.82) is 0 Å². The zero-order valence-corrected chi connectivity index (χ0v) is 7.30. The lowest BCUT2D eigenvalue weighted by Gasteiger charge is -1.98. The molecule has 0 saturated carbocycles. The molecule has 65 valence electrons. The first-order valence-electron chi connectivity index (χ1n) is 4.11. The summed E-state index contributed by atoms with van der Waals surface area (Å²) in [6, 6.07) is 0. The predicted molar refractivity (Wildman–Crippen MR) is 42.9 cm³/mol. The first-order valence-corrected chi connectivity index (χ1v) is 4.11. The average molecular weight is 158 g/mol. The monoisotopic (exact) mass is 158 g/mol. The SMILES string of the molecule is CCCCCC[N]OC(C)=O. The number of hydrogen-bond donors (Lipinski definition) is 0. The number of hydrogen-bond acceptors (Lipinski definition) is 2. The summed E-state index contributed by atoms with van der Waals surface area (Å²) < 4.78 is 0. The van der Waals surface area contributed by atoms with Crippen LogP contribution in [-0.4, -0.2) is 12.5 Å². The molecule has 0 aromatic rings. The fraction of sp³-hybridized carbons (Fsp3) is 0.875. The second-order valence-corrected chi connectivity index (χ2v) is 2.50. The topological polar surface area (TPSA) is 40.4 Å². The fourth-order valence-electron chi connectivity index (χ4n) is 0.740. The summed E-state index contributed by atoms with van der Waals surface area (Å²) in [7, 11) is 0. The fourth-order valence-corrected chi connectivity index (χ4v) is 0.740. The summed E-state index contributed by atoms with van der Waals surface area (Å²) in [5.41, 5.74) is 3.59. The Hall–Kier alpha value is -0.570. The molecule has 0 unspecified atom stereocenters. The summed E-state index contributed by atoms with van der Waals surface area (Å²) >= 11 is 0. The summed E-state index contributed by atoms with van der Waals surface area (Å²) in [5, 5.41) is 0. The van der Waals surface area contributed by atoms with Gasteiger partial charge in [-0.15, -0.1) is 0 Å². The first-order chi connectivity index (χ1) is 5.27. The number of carbonyl (C=O) groups excluding carboxylic acids is 1. The predicted octanol–water partition coefficient (Wildman–Crippen LogP) is 1.65. The summed E-state index contributed by atoms with van der Waals surface area (Å²) in [6.45, 7) is 4.15. The van der Waals surface area contributed by atoms with Gasteiger partial charge in [0, 0.05) is 6.92 Å². The smallest absolute Gasteiger partial charge is 0.324 e. The van der Waals surface area contributed by atoms with Gasteiger partial charge in [-0.1, -0.05) is 26.2 Å². The number of hydroxylamine groups is 1. The molecule has 0 aromatic carbocycles. The Balaban J connectivity index is 2.85. The third-order valence-corrected chi connectivity index (χ3v) is 1.30. The van der Waals surface area contributed by atoms with E-state index in [0.717, 1.165) is 6.42 Å². The van der Waals surface area contributed by atoms with Crippen molar-refractivity contribution in [2.24, 2.45) is 0 Å². The number of unbranched alkanes of at least 4 members (excludes halogenated alkanes) is 3. The van der Waals surface area contributed by atoms with E-state index in [4.69, 9.17) is 0 Å². The number of carbonyl (C=O) groups is 1. The van der Waals surface area contributed by atoms with Gasteiger partial charge >= 0.3 is 5.97 Å². The van der Waals surface area contributed by atoms with E-state index in [9.17, 15) is 4.79 Å². The molecule has 0 aliphatic heterocycles. The van der Waals surface area contributed by atoms with Crippen LogP contribution in [-0.2, 0) is 9.63 Å². The Morgan fingerprint density at radius 1 is 1.36 bits per heavy atom. The van der Waals surface area contributed by atoms with Crippen LogP contribution in [0.25, 0.3) is 0 Å². The molecule has 0 amide bonds. The van der Waals surface area contributed by atoms with Gasteiger partial charge in [-0.2, -0.15) is 0 Å². The van der Waals surface area contributed by atoms with Crippen molar-refractivity contribution in [3.8, 4) is 0 Å². The molecule has 0 aliphatic rings. The van der Waals surface area contributed by atoms with Crippen LogP contribution >= 0.6 is 0 Å². The summed E-state index contributed by atoms with van der Waals surface area (Å²) in [6.07, 6.45) is 4.63. The highest BCUT2D eigenvalue weighted by Crippen LogP contribution is 1.97. The van der Waals surface area contributed by atoms with E-state index >= 15 is 0 Å². The van der Waals surface area contributed by atoms with Crippen molar-refractivity contribution in [2.75, 3.05) is 6.54 Å². The zero-order valence-electron chi connectivity index (χ0n) is 7.30. The van der Waals surface area contributed by atoms with E-state index in [0.29, 0.717) is 6.54 Å². The van der Waals surface area contributed by atoms with Crippen LogP contribution in [0.5, 0.6) is 0 Å². The highest BCUT2D eigenvalue weighted by molar-refractivity contribution is 5.65. The Bertz CT molecular complexity index is 104. The molecule has 3 nitrogen and oxygen atoms in total. The Morgan fingerprint density at radius 3 is 2.64 bits per heavy atom. The standard InChI is InChI=1S/C8H16NO2/c1-3-4-5-6-7-9-11-8(2)10/h3-7H2,1-2H3. The molecule has 0 heterocycles. The molecular weight excluding hydrogens is 142 g/mol. The van der Waals surface area contributed by atoms with Crippen LogP contribution in [0.3, 0.4) is 0 Å². The second kappa shape index (κ2) is 7.54. The second-order valence-electron chi connectivity index (χ2n) is 2.50. The van der Waals surface area contributed by atoms with Crippen molar-refractivity contribution in [1.82, 2.24) is 5.48 Å². The van der Waals surface area contributed by atoms with Crippen LogP contribution < -0.4 is 5.48 Å².